The molecule has 0 radical (unpaired) electrons. The van der Waals surface area contributed by atoms with E-state index in [0.29, 0.717) is 12.5 Å². The van der Waals surface area contributed by atoms with Gasteiger partial charge in [-0.15, -0.1) is 0 Å². The summed E-state index contributed by atoms with van der Waals surface area (Å²) < 4.78 is 6.49. The van der Waals surface area contributed by atoms with Crippen molar-refractivity contribution in [2.75, 3.05) is 0 Å². The van der Waals surface area contributed by atoms with Gasteiger partial charge in [-0.25, -0.2) is 0 Å². The standard InChI is InChI=1S/C29H28O/c1-3-22(2)24-19-17-23(18-20-24)21-30-29-27(25-11-6-4-7-12-25)15-10-16-28(29)26-13-8-5-9-14-26/h4-20,22H,3,21H2,1-2H3. The van der Waals surface area contributed by atoms with Crippen molar-refractivity contribution < 1.29 is 4.74 Å². The summed E-state index contributed by atoms with van der Waals surface area (Å²) in [7, 11) is 0. The minimum atomic E-state index is 0.546. The second-order valence-electron chi connectivity index (χ2n) is 7.75. The molecule has 1 heteroatoms. The highest BCUT2D eigenvalue weighted by atomic mass is 16.5. The normalized spacial score (nSPS) is 11.8. The van der Waals surface area contributed by atoms with Gasteiger partial charge in [0.15, 0.2) is 0 Å². The van der Waals surface area contributed by atoms with Crippen LogP contribution in [0.5, 0.6) is 5.75 Å². The van der Waals surface area contributed by atoms with Crippen LogP contribution in [0.3, 0.4) is 0 Å². The smallest absolute Gasteiger partial charge is 0.135 e. The molecule has 0 heterocycles. The van der Waals surface area contributed by atoms with Crippen LogP contribution in [0.2, 0.25) is 0 Å². The van der Waals surface area contributed by atoms with Gasteiger partial charge in [0.2, 0.25) is 0 Å². The van der Waals surface area contributed by atoms with Crippen molar-refractivity contribution >= 4 is 0 Å². The molecule has 4 aromatic rings. The first-order valence-electron chi connectivity index (χ1n) is 10.7. The minimum Gasteiger partial charge on any atom is -0.488 e. The number of benzene rings is 4. The molecule has 4 rings (SSSR count). The molecule has 1 nitrogen and oxygen atoms in total. The van der Waals surface area contributed by atoms with Gasteiger partial charge in [0, 0.05) is 11.1 Å². The zero-order valence-corrected chi connectivity index (χ0v) is 17.7. The van der Waals surface area contributed by atoms with E-state index in [9.17, 15) is 0 Å². The molecule has 0 saturated carbocycles. The van der Waals surface area contributed by atoms with Crippen molar-refractivity contribution in [2.24, 2.45) is 0 Å². The van der Waals surface area contributed by atoms with Gasteiger partial charge in [-0.1, -0.05) is 117 Å². The lowest BCUT2D eigenvalue weighted by Crippen LogP contribution is -2.00. The lowest BCUT2D eigenvalue weighted by molar-refractivity contribution is 0.309. The number of rotatable bonds is 7. The highest BCUT2D eigenvalue weighted by molar-refractivity contribution is 5.82. The fraction of sp³-hybridized carbons (Fsp3) is 0.172. The van der Waals surface area contributed by atoms with Gasteiger partial charge in [0.05, 0.1) is 0 Å². The third-order valence-electron chi connectivity index (χ3n) is 5.73. The molecule has 0 amide bonds. The van der Waals surface area contributed by atoms with Crippen molar-refractivity contribution in [3.8, 4) is 28.0 Å². The van der Waals surface area contributed by atoms with Crippen molar-refractivity contribution in [3.05, 3.63) is 114 Å². The summed E-state index contributed by atoms with van der Waals surface area (Å²) in [6, 6.07) is 36.2. The minimum absolute atomic E-state index is 0.546. The lowest BCUT2D eigenvalue weighted by atomic mass is 9.97. The van der Waals surface area contributed by atoms with Crippen LogP contribution < -0.4 is 4.74 Å². The summed E-state index contributed by atoms with van der Waals surface area (Å²) in [4.78, 5) is 0. The first kappa shape index (κ1) is 20.0. The molecule has 0 aromatic heterocycles. The molecular weight excluding hydrogens is 364 g/mol. The van der Waals surface area contributed by atoms with Gasteiger partial charge in [-0.2, -0.15) is 0 Å². The predicted molar refractivity (Wildman–Crippen MR) is 127 cm³/mol. The Morgan fingerprint density at radius 2 is 1.17 bits per heavy atom. The lowest BCUT2D eigenvalue weighted by Gasteiger charge is -2.17. The highest BCUT2D eigenvalue weighted by Gasteiger charge is 2.13. The van der Waals surface area contributed by atoms with E-state index < -0.39 is 0 Å². The molecular formula is C29H28O. The van der Waals surface area contributed by atoms with Crippen LogP contribution in [0.15, 0.2) is 103 Å². The zero-order valence-electron chi connectivity index (χ0n) is 17.7. The maximum atomic E-state index is 6.49. The van der Waals surface area contributed by atoms with Gasteiger partial charge in [0.25, 0.3) is 0 Å². The van der Waals surface area contributed by atoms with Crippen LogP contribution >= 0.6 is 0 Å². The molecule has 0 aliphatic rings. The number of ether oxygens (including phenoxy) is 1. The largest absolute Gasteiger partial charge is 0.488 e. The van der Waals surface area contributed by atoms with Crippen molar-refractivity contribution in [1.29, 1.82) is 0 Å². The second kappa shape index (κ2) is 9.45. The Bertz CT molecular complexity index is 1010. The van der Waals surface area contributed by atoms with Crippen LogP contribution in [-0.2, 0) is 6.61 Å². The molecule has 0 aliphatic carbocycles. The third-order valence-corrected chi connectivity index (χ3v) is 5.73. The summed E-state index contributed by atoms with van der Waals surface area (Å²) in [5.74, 6) is 1.52. The SMILES string of the molecule is CCC(C)c1ccc(COc2c(-c3ccccc3)cccc2-c2ccccc2)cc1. The van der Waals surface area contributed by atoms with Gasteiger partial charge >= 0.3 is 0 Å². The Morgan fingerprint density at radius 3 is 1.67 bits per heavy atom. The van der Waals surface area contributed by atoms with Crippen molar-refractivity contribution in [3.63, 3.8) is 0 Å². The maximum Gasteiger partial charge on any atom is 0.135 e. The summed E-state index contributed by atoms with van der Waals surface area (Å²) in [6.45, 7) is 5.05. The molecule has 0 spiro atoms. The average Bonchev–Trinajstić information content (AvgIpc) is 2.83. The summed E-state index contributed by atoms with van der Waals surface area (Å²) in [5, 5.41) is 0. The molecule has 150 valence electrons. The molecule has 30 heavy (non-hydrogen) atoms. The van der Waals surface area contributed by atoms with Crippen LogP contribution in [0, 0.1) is 0 Å². The molecule has 1 unspecified atom stereocenters. The second-order valence-corrected chi connectivity index (χ2v) is 7.75. The zero-order chi connectivity index (χ0) is 20.8. The van der Waals surface area contributed by atoms with Crippen LogP contribution in [-0.4, -0.2) is 0 Å². The Hall–Kier alpha value is -3.32. The van der Waals surface area contributed by atoms with E-state index in [1.165, 1.54) is 11.1 Å². The number of hydrogen-bond acceptors (Lipinski definition) is 1. The van der Waals surface area contributed by atoms with Gasteiger partial charge in [-0.05, 0) is 34.6 Å². The predicted octanol–water partition coefficient (Wildman–Crippen LogP) is 8.11. The van der Waals surface area contributed by atoms with Gasteiger partial charge < -0.3 is 4.74 Å². The fourth-order valence-electron chi connectivity index (χ4n) is 3.72. The number of hydrogen-bond donors (Lipinski definition) is 0. The maximum absolute atomic E-state index is 6.49. The van der Waals surface area contributed by atoms with E-state index in [1.807, 2.05) is 12.1 Å². The molecule has 0 N–H and O–H groups in total. The van der Waals surface area contributed by atoms with E-state index in [2.05, 4.69) is 105 Å². The van der Waals surface area contributed by atoms with Crippen molar-refractivity contribution in [2.45, 2.75) is 32.8 Å². The van der Waals surface area contributed by atoms with E-state index in [0.717, 1.165) is 34.4 Å². The van der Waals surface area contributed by atoms with E-state index in [-0.39, 0.29) is 0 Å². The van der Waals surface area contributed by atoms with E-state index >= 15 is 0 Å². The van der Waals surface area contributed by atoms with Gasteiger partial charge in [-0.3, -0.25) is 0 Å². The van der Waals surface area contributed by atoms with Crippen LogP contribution in [0.25, 0.3) is 22.3 Å². The molecule has 1 atom stereocenters. The van der Waals surface area contributed by atoms with Crippen LogP contribution in [0.1, 0.15) is 37.3 Å². The first-order valence-corrected chi connectivity index (χ1v) is 10.7. The highest BCUT2D eigenvalue weighted by Crippen LogP contribution is 2.39. The third kappa shape index (κ3) is 4.46. The van der Waals surface area contributed by atoms with E-state index in [1.54, 1.807) is 0 Å². The summed E-state index contributed by atoms with van der Waals surface area (Å²) in [6.07, 6.45) is 1.15. The number of para-hydroxylation sites is 1. The van der Waals surface area contributed by atoms with Crippen molar-refractivity contribution in [1.82, 2.24) is 0 Å². The molecule has 4 aromatic carbocycles. The van der Waals surface area contributed by atoms with E-state index in [4.69, 9.17) is 4.74 Å². The monoisotopic (exact) mass is 392 g/mol. The Labute approximate surface area is 180 Å². The topological polar surface area (TPSA) is 9.23 Å². The molecule has 0 aliphatic heterocycles. The molecule has 0 bridgehead atoms. The Morgan fingerprint density at radius 1 is 0.633 bits per heavy atom. The first-order chi connectivity index (χ1) is 14.8. The van der Waals surface area contributed by atoms with Gasteiger partial charge in [0.1, 0.15) is 12.4 Å². The quantitative estimate of drug-likeness (QED) is 0.308. The average molecular weight is 393 g/mol. The fourth-order valence-corrected chi connectivity index (χ4v) is 3.72. The molecule has 0 fully saturated rings. The van der Waals surface area contributed by atoms with Crippen LogP contribution in [0.4, 0.5) is 0 Å². The summed E-state index contributed by atoms with van der Waals surface area (Å²) >= 11 is 0. The Balaban J connectivity index is 1.68. The molecule has 0 saturated heterocycles. The summed E-state index contributed by atoms with van der Waals surface area (Å²) in [5.41, 5.74) is 7.14. The Kier molecular flexibility index (Phi) is 6.29.